The van der Waals surface area contributed by atoms with Crippen LogP contribution in [0.2, 0.25) is 5.02 Å². The van der Waals surface area contributed by atoms with Gasteiger partial charge in [-0.15, -0.1) is 0 Å². The topological polar surface area (TPSA) is 64.3 Å². The number of hydrogen-bond donors (Lipinski definition) is 2. The summed E-state index contributed by atoms with van der Waals surface area (Å²) in [7, 11) is 1.68. The van der Waals surface area contributed by atoms with Gasteiger partial charge < -0.3 is 15.8 Å². The Bertz CT molecular complexity index is 433. The Morgan fingerprint density at radius 1 is 1.56 bits per heavy atom. The fourth-order valence-electron chi connectivity index (χ4n) is 2.13. The summed E-state index contributed by atoms with van der Waals surface area (Å²) in [5.41, 5.74) is 6.29. The largest absolute Gasteiger partial charge is 0.398 e. The molecule has 2 rings (SSSR count). The summed E-state index contributed by atoms with van der Waals surface area (Å²) in [5, 5.41) is 3.21. The third-order valence-electron chi connectivity index (χ3n) is 3.54. The maximum Gasteiger partial charge on any atom is 0.254 e. The van der Waals surface area contributed by atoms with E-state index in [2.05, 4.69) is 5.32 Å². The first-order valence-electron chi connectivity index (χ1n) is 5.95. The van der Waals surface area contributed by atoms with Crippen LogP contribution in [0.25, 0.3) is 0 Å². The summed E-state index contributed by atoms with van der Waals surface area (Å²) >= 11 is 5.98. The summed E-state index contributed by atoms with van der Waals surface area (Å²) in [6.45, 7) is 0.493. The van der Waals surface area contributed by atoms with Crippen molar-refractivity contribution in [2.45, 2.75) is 24.9 Å². The summed E-state index contributed by atoms with van der Waals surface area (Å²) in [6.07, 6.45) is 3.08. The van der Waals surface area contributed by atoms with Crippen molar-refractivity contribution < 1.29 is 9.53 Å². The van der Waals surface area contributed by atoms with Gasteiger partial charge in [-0.05, 0) is 31.4 Å². The van der Waals surface area contributed by atoms with Crippen LogP contribution in [0.1, 0.15) is 29.6 Å². The molecule has 0 spiro atoms. The molecule has 0 radical (unpaired) electrons. The SMILES string of the molecule is COC1(CNC(=O)c2c(N)cccc2Cl)CCC1. The first-order chi connectivity index (χ1) is 8.58. The van der Waals surface area contributed by atoms with Gasteiger partial charge >= 0.3 is 0 Å². The first kappa shape index (κ1) is 13.2. The molecule has 4 nitrogen and oxygen atoms in total. The Labute approximate surface area is 111 Å². The zero-order chi connectivity index (χ0) is 13.2. The molecule has 98 valence electrons. The minimum absolute atomic E-state index is 0.203. The van der Waals surface area contributed by atoms with Gasteiger partial charge in [0.1, 0.15) is 0 Å². The van der Waals surface area contributed by atoms with Crippen molar-refractivity contribution in [3.05, 3.63) is 28.8 Å². The van der Waals surface area contributed by atoms with Gasteiger partial charge in [0.2, 0.25) is 0 Å². The molecule has 0 unspecified atom stereocenters. The molecular formula is C13H17ClN2O2. The molecule has 1 saturated carbocycles. The fourth-order valence-corrected chi connectivity index (χ4v) is 2.40. The van der Waals surface area contributed by atoms with Crippen LogP contribution in [0.4, 0.5) is 5.69 Å². The molecule has 1 aliphatic rings. The number of benzene rings is 1. The molecule has 1 aliphatic carbocycles. The maximum atomic E-state index is 12.1. The standard InChI is InChI=1S/C13H17ClN2O2/c1-18-13(6-3-7-13)8-16-12(17)11-9(14)4-2-5-10(11)15/h2,4-5H,3,6-8,15H2,1H3,(H,16,17). The Hall–Kier alpha value is -1.26. The summed E-state index contributed by atoms with van der Waals surface area (Å²) < 4.78 is 5.44. The van der Waals surface area contributed by atoms with E-state index in [1.165, 1.54) is 0 Å². The fraction of sp³-hybridized carbons (Fsp3) is 0.462. The van der Waals surface area contributed by atoms with Crippen molar-refractivity contribution in [1.82, 2.24) is 5.32 Å². The average Bonchev–Trinajstić information content (AvgIpc) is 2.28. The van der Waals surface area contributed by atoms with Crippen molar-refractivity contribution in [1.29, 1.82) is 0 Å². The minimum Gasteiger partial charge on any atom is -0.398 e. The number of anilines is 1. The van der Waals surface area contributed by atoms with E-state index in [0.29, 0.717) is 22.8 Å². The predicted molar refractivity (Wildman–Crippen MR) is 71.8 cm³/mol. The Morgan fingerprint density at radius 2 is 2.28 bits per heavy atom. The molecule has 3 N–H and O–H groups in total. The van der Waals surface area contributed by atoms with Crippen LogP contribution in [0.5, 0.6) is 0 Å². The molecule has 0 saturated heterocycles. The third kappa shape index (κ3) is 2.44. The number of carbonyl (C=O) groups excluding carboxylic acids is 1. The third-order valence-corrected chi connectivity index (χ3v) is 3.86. The molecule has 0 aliphatic heterocycles. The van der Waals surface area contributed by atoms with E-state index in [1.807, 2.05) is 0 Å². The second kappa shape index (κ2) is 5.16. The number of nitrogen functional groups attached to an aromatic ring is 1. The second-order valence-electron chi connectivity index (χ2n) is 4.63. The van der Waals surface area contributed by atoms with Crippen molar-refractivity contribution in [2.75, 3.05) is 19.4 Å². The molecule has 0 bridgehead atoms. The quantitative estimate of drug-likeness (QED) is 0.823. The van der Waals surface area contributed by atoms with Gasteiger partial charge in [0.15, 0.2) is 0 Å². The van der Waals surface area contributed by atoms with E-state index in [1.54, 1.807) is 25.3 Å². The number of halogens is 1. The molecule has 1 fully saturated rings. The highest BCUT2D eigenvalue weighted by Crippen LogP contribution is 2.34. The molecule has 0 heterocycles. The van der Waals surface area contributed by atoms with Crippen LogP contribution >= 0.6 is 11.6 Å². The smallest absolute Gasteiger partial charge is 0.254 e. The number of amides is 1. The number of hydrogen-bond acceptors (Lipinski definition) is 3. The van der Waals surface area contributed by atoms with E-state index < -0.39 is 0 Å². The van der Waals surface area contributed by atoms with Gasteiger partial charge in [0.05, 0.1) is 16.2 Å². The molecule has 1 aromatic carbocycles. The molecule has 1 amide bonds. The van der Waals surface area contributed by atoms with Gasteiger partial charge in [-0.2, -0.15) is 0 Å². The first-order valence-corrected chi connectivity index (χ1v) is 6.33. The maximum absolute atomic E-state index is 12.1. The highest BCUT2D eigenvalue weighted by atomic mass is 35.5. The number of methoxy groups -OCH3 is 1. The van der Waals surface area contributed by atoms with Crippen LogP contribution in [0.3, 0.4) is 0 Å². The van der Waals surface area contributed by atoms with Crippen LogP contribution in [-0.4, -0.2) is 25.2 Å². The van der Waals surface area contributed by atoms with Gasteiger partial charge in [-0.3, -0.25) is 4.79 Å². The van der Waals surface area contributed by atoms with E-state index in [9.17, 15) is 4.79 Å². The Kier molecular flexibility index (Phi) is 3.78. The summed E-state index contributed by atoms with van der Waals surface area (Å²) in [4.78, 5) is 12.1. The number of nitrogens with two attached hydrogens (primary N) is 1. The number of carbonyl (C=O) groups is 1. The highest BCUT2D eigenvalue weighted by Gasteiger charge is 2.37. The highest BCUT2D eigenvalue weighted by molar-refractivity contribution is 6.34. The normalized spacial score (nSPS) is 17.0. The number of ether oxygens (including phenoxy) is 1. The second-order valence-corrected chi connectivity index (χ2v) is 5.03. The van der Waals surface area contributed by atoms with Gasteiger partial charge in [-0.1, -0.05) is 17.7 Å². The lowest BCUT2D eigenvalue weighted by Crippen LogP contribution is -2.49. The summed E-state index contributed by atoms with van der Waals surface area (Å²) in [5.74, 6) is -0.249. The number of rotatable bonds is 4. The van der Waals surface area contributed by atoms with Gasteiger partial charge in [-0.25, -0.2) is 0 Å². The lowest BCUT2D eigenvalue weighted by molar-refractivity contribution is -0.0679. The van der Waals surface area contributed by atoms with Crippen molar-refractivity contribution in [3.8, 4) is 0 Å². The van der Waals surface area contributed by atoms with E-state index >= 15 is 0 Å². The van der Waals surface area contributed by atoms with Gasteiger partial charge in [0, 0.05) is 19.3 Å². The minimum atomic E-state index is -0.249. The molecular weight excluding hydrogens is 252 g/mol. The molecule has 0 aromatic heterocycles. The van der Waals surface area contributed by atoms with E-state index in [0.717, 1.165) is 19.3 Å². The van der Waals surface area contributed by atoms with Crippen molar-refractivity contribution >= 4 is 23.2 Å². The lowest BCUT2D eigenvalue weighted by Gasteiger charge is -2.40. The van der Waals surface area contributed by atoms with Crippen molar-refractivity contribution in [2.24, 2.45) is 0 Å². The zero-order valence-corrected chi connectivity index (χ0v) is 11.1. The van der Waals surface area contributed by atoms with Crippen LogP contribution < -0.4 is 11.1 Å². The van der Waals surface area contributed by atoms with Crippen molar-refractivity contribution in [3.63, 3.8) is 0 Å². The molecule has 18 heavy (non-hydrogen) atoms. The van der Waals surface area contributed by atoms with E-state index in [-0.39, 0.29) is 11.5 Å². The number of nitrogens with one attached hydrogen (secondary N) is 1. The monoisotopic (exact) mass is 268 g/mol. The van der Waals surface area contributed by atoms with Crippen LogP contribution in [0, 0.1) is 0 Å². The Balaban J connectivity index is 2.04. The lowest BCUT2D eigenvalue weighted by atomic mass is 9.80. The molecule has 5 heteroatoms. The molecule has 0 atom stereocenters. The van der Waals surface area contributed by atoms with Crippen LogP contribution in [-0.2, 0) is 4.74 Å². The van der Waals surface area contributed by atoms with Crippen LogP contribution in [0.15, 0.2) is 18.2 Å². The van der Waals surface area contributed by atoms with Gasteiger partial charge in [0.25, 0.3) is 5.91 Å². The average molecular weight is 269 g/mol. The molecule has 1 aromatic rings. The summed E-state index contributed by atoms with van der Waals surface area (Å²) in [6, 6.07) is 5.04. The predicted octanol–water partition coefficient (Wildman–Crippen LogP) is 2.22. The Morgan fingerprint density at radius 3 is 2.78 bits per heavy atom. The van der Waals surface area contributed by atoms with E-state index in [4.69, 9.17) is 22.1 Å². The zero-order valence-electron chi connectivity index (χ0n) is 10.3.